The van der Waals surface area contributed by atoms with Crippen LogP contribution in [0, 0.1) is 0 Å². The van der Waals surface area contributed by atoms with E-state index in [0.29, 0.717) is 12.4 Å². The van der Waals surface area contributed by atoms with Crippen molar-refractivity contribution in [1.82, 2.24) is 0 Å². The molecule has 3 aromatic carbocycles. The van der Waals surface area contributed by atoms with Gasteiger partial charge in [0.15, 0.2) is 11.5 Å². The van der Waals surface area contributed by atoms with Crippen LogP contribution in [0.2, 0.25) is 0 Å². The first-order valence-corrected chi connectivity index (χ1v) is 9.80. The summed E-state index contributed by atoms with van der Waals surface area (Å²) in [5.74, 6) is 1.45. The fourth-order valence-corrected chi connectivity index (χ4v) is 3.69. The monoisotopic (exact) mass is 387 g/mol. The molecule has 1 aliphatic heterocycles. The van der Waals surface area contributed by atoms with Crippen LogP contribution in [0.25, 0.3) is 0 Å². The van der Waals surface area contributed by atoms with Gasteiger partial charge in [-0.15, -0.1) is 0 Å². The molecule has 1 heterocycles. The van der Waals surface area contributed by atoms with Gasteiger partial charge in [0.2, 0.25) is 0 Å². The highest BCUT2D eigenvalue weighted by molar-refractivity contribution is 6.06. The molecule has 1 unspecified atom stereocenters. The van der Waals surface area contributed by atoms with Gasteiger partial charge in [0, 0.05) is 12.1 Å². The fourth-order valence-electron chi connectivity index (χ4n) is 3.69. The summed E-state index contributed by atoms with van der Waals surface area (Å²) in [4.78, 5) is 4.89. The minimum Gasteiger partial charge on any atom is -0.493 e. The maximum Gasteiger partial charge on any atom is 0.161 e. The summed E-state index contributed by atoms with van der Waals surface area (Å²) < 4.78 is 17.5. The molecule has 0 saturated carbocycles. The summed E-state index contributed by atoms with van der Waals surface area (Å²) in [6, 6.07) is 24.6. The molecule has 0 saturated heterocycles. The molecule has 0 fully saturated rings. The molecule has 0 aromatic heterocycles. The minimum atomic E-state index is -0.256. The van der Waals surface area contributed by atoms with Gasteiger partial charge in [-0.3, -0.25) is 4.99 Å². The van der Waals surface area contributed by atoms with Crippen LogP contribution in [-0.4, -0.2) is 26.5 Å². The van der Waals surface area contributed by atoms with E-state index in [4.69, 9.17) is 19.2 Å². The van der Waals surface area contributed by atoms with Gasteiger partial charge < -0.3 is 14.2 Å². The number of ether oxygens (including phenoxy) is 3. The highest BCUT2D eigenvalue weighted by Gasteiger charge is 2.27. The minimum absolute atomic E-state index is 0.256. The number of fused-ring (bicyclic) bond motifs is 1. The van der Waals surface area contributed by atoms with E-state index in [2.05, 4.69) is 30.3 Å². The Kier molecular flexibility index (Phi) is 5.92. The quantitative estimate of drug-likeness (QED) is 0.572. The summed E-state index contributed by atoms with van der Waals surface area (Å²) in [6.45, 7) is 1.25. The Hall–Kier alpha value is -3.11. The number of methoxy groups -OCH3 is 2. The largest absolute Gasteiger partial charge is 0.493 e. The van der Waals surface area contributed by atoms with E-state index in [9.17, 15) is 0 Å². The smallest absolute Gasteiger partial charge is 0.161 e. The average Bonchev–Trinajstić information content (AvgIpc) is 2.79. The average molecular weight is 387 g/mol. The third-order valence-electron chi connectivity index (χ3n) is 5.16. The Balaban J connectivity index is 1.72. The highest BCUT2D eigenvalue weighted by Crippen LogP contribution is 2.36. The number of aliphatic imine (C=N–C) groups is 1. The summed E-state index contributed by atoms with van der Waals surface area (Å²) in [6.07, 6.45) is 0.618. The maximum atomic E-state index is 6.44. The van der Waals surface area contributed by atoms with E-state index in [1.54, 1.807) is 14.2 Å². The Labute approximate surface area is 171 Å². The summed E-state index contributed by atoms with van der Waals surface area (Å²) in [5, 5.41) is 0. The van der Waals surface area contributed by atoms with Crippen LogP contribution in [0.1, 0.15) is 28.4 Å². The third-order valence-corrected chi connectivity index (χ3v) is 5.16. The lowest BCUT2D eigenvalue weighted by Crippen LogP contribution is -2.23. The second-order valence-corrected chi connectivity index (χ2v) is 6.97. The molecule has 4 rings (SSSR count). The van der Waals surface area contributed by atoms with Crippen molar-refractivity contribution in [3.63, 3.8) is 0 Å². The van der Waals surface area contributed by atoms with Crippen LogP contribution in [-0.2, 0) is 17.8 Å². The molecule has 29 heavy (non-hydrogen) atoms. The zero-order valence-electron chi connectivity index (χ0n) is 16.8. The van der Waals surface area contributed by atoms with Gasteiger partial charge in [-0.05, 0) is 35.2 Å². The Bertz CT molecular complexity index is 984. The normalized spacial score (nSPS) is 13.9. The van der Waals surface area contributed by atoms with Gasteiger partial charge in [0.05, 0.1) is 26.5 Å². The highest BCUT2D eigenvalue weighted by atomic mass is 16.5. The Morgan fingerprint density at radius 3 is 2.21 bits per heavy atom. The van der Waals surface area contributed by atoms with Gasteiger partial charge in [0.1, 0.15) is 6.10 Å². The molecule has 0 bridgehead atoms. The molecule has 4 nitrogen and oxygen atoms in total. The lowest BCUT2D eigenvalue weighted by atomic mass is 9.91. The van der Waals surface area contributed by atoms with E-state index in [0.717, 1.165) is 41.1 Å². The van der Waals surface area contributed by atoms with Crippen molar-refractivity contribution in [2.75, 3.05) is 20.8 Å². The van der Waals surface area contributed by atoms with E-state index in [1.807, 2.05) is 42.5 Å². The second-order valence-electron chi connectivity index (χ2n) is 6.97. The van der Waals surface area contributed by atoms with E-state index < -0.39 is 0 Å². The third kappa shape index (κ3) is 4.17. The van der Waals surface area contributed by atoms with E-state index in [-0.39, 0.29) is 6.10 Å². The first-order chi connectivity index (χ1) is 14.3. The predicted molar refractivity (Wildman–Crippen MR) is 115 cm³/mol. The van der Waals surface area contributed by atoms with E-state index in [1.165, 1.54) is 5.56 Å². The molecule has 1 atom stereocenters. The zero-order chi connectivity index (χ0) is 20.1. The maximum absolute atomic E-state index is 6.44. The van der Waals surface area contributed by atoms with Crippen molar-refractivity contribution in [3.8, 4) is 11.5 Å². The van der Waals surface area contributed by atoms with Gasteiger partial charge in [-0.25, -0.2) is 0 Å². The van der Waals surface area contributed by atoms with Crippen molar-refractivity contribution in [2.45, 2.75) is 19.1 Å². The zero-order valence-corrected chi connectivity index (χ0v) is 16.8. The van der Waals surface area contributed by atoms with Crippen LogP contribution < -0.4 is 9.47 Å². The van der Waals surface area contributed by atoms with Crippen LogP contribution in [0.4, 0.5) is 0 Å². The summed E-state index contributed by atoms with van der Waals surface area (Å²) in [7, 11) is 3.32. The fraction of sp³-hybridized carbons (Fsp3) is 0.240. The summed E-state index contributed by atoms with van der Waals surface area (Å²) >= 11 is 0. The standard InChI is InChI=1S/C25H25NO3/c1-27-22-15-20-13-14-26-24(21(20)16-23(22)28-2)25(19-11-7-4-8-12-19)29-17-18-9-5-3-6-10-18/h3-12,15-16,25H,13-14,17H2,1-2H3. The van der Waals surface area contributed by atoms with Gasteiger partial charge >= 0.3 is 0 Å². The predicted octanol–water partition coefficient (Wildman–Crippen LogP) is 5.01. The molecule has 1 aliphatic rings. The van der Waals surface area contributed by atoms with Crippen LogP contribution >= 0.6 is 0 Å². The number of hydrogen-bond acceptors (Lipinski definition) is 4. The molecule has 148 valence electrons. The van der Waals surface area contributed by atoms with Crippen LogP contribution in [0.5, 0.6) is 11.5 Å². The van der Waals surface area contributed by atoms with Crippen LogP contribution in [0.3, 0.4) is 0 Å². The lowest BCUT2D eigenvalue weighted by molar-refractivity contribution is 0.0845. The van der Waals surface area contributed by atoms with Gasteiger partial charge in [-0.2, -0.15) is 0 Å². The molecular weight excluding hydrogens is 362 g/mol. The first kappa shape index (κ1) is 19.2. The molecule has 0 radical (unpaired) electrons. The molecule has 0 N–H and O–H groups in total. The van der Waals surface area contributed by atoms with Crippen LogP contribution in [0.15, 0.2) is 77.8 Å². The number of hydrogen-bond donors (Lipinski definition) is 0. The molecule has 0 aliphatic carbocycles. The number of benzene rings is 3. The summed E-state index contributed by atoms with van der Waals surface area (Å²) in [5.41, 5.74) is 5.43. The van der Waals surface area contributed by atoms with Crippen molar-refractivity contribution < 1.29 is 14.2 Å². The number of nitrogens with zero attached hydrogens (tertiary/aromatic N) is 1. The molecule has 0 amide bonds. The Morgan fingerprint density at radius 2 is 1.52 bits per heavy atom. The van der Waals surface area contributed by atoms with Gasteiger partial charge in [-0.1, -0.05) is 60.7 Å². The number of rotatable bonds is 7. The molecule has 4 heteroatoms. The lowest BCUT2D eigenvalue weighted by Gasteiger charge is -2.26. The van der Waals surface area contributed by atoms with Crippen molar-refractivity contribution in [2.24, 2.45) is 4.99 Å². The SMILES string of the molecule is COc1cc2c(cc1OC)C(C(OCc1ccccc1)c1ccccc1)=NCC2. The molecule has 0 spiro atoms. The van der Waals surface area contributed by atoms with Gasteiger partial charge in [0.25, 0.3) is 0 Å². The van der Waals surface area contributed by atoms with Crippen molar-refractivity contribution in [3.05, 3.63) is 95.1 Å². The van der Waals surface area contributed by atoms with E-state index >= 15 is 0 Å². The molecular formula is C25H25NO3. The first-order valence-electron chi connectivity index (χ1n) is 9.80. The second kappa shape index (κ2) is 8.93. The molecule has 3 aromatic rings. The van der Waals surface area contributed by atoms with Crippen molar-refractivity contribution >= 4 is 5.71 Å². The Morgan fingerprint density at radius 1 is 0.862 bits per heavy atom. The topological polar surface area (TPSA) is 40.0 Å². The van der Waals surface area contributed by atoms with Crippen molar-refractivity contribution in [1.29, 1.82) is 0 Å².